The van der Waals surface area contributed by atoms with Gasteiger partial charge in [0.05, 0.1) is 20.8 Å². The lowest BCUT2D eigenvalue weighted by Crippen LogP contribution is -2.33. The molecule has 5 nitrogen and oxygen atoms in total. The number of methoxy groups -OCH3 is 2. The summed E-state index contributed by atoms with van der Waals surface area (Å²) in [5.74, 6) is 0.897. The molecular weight excluding hydrogens is 347 g/mol. The Morgan fingerprint density at radius 1 is 1.19 bits per heavy atom. The molecule has 1 fully saturated rings. The van der Waals surface area contributed by atoms with Crippen LogP contribution in [-0.4, -0.2) is 38.1 Å². The number of benzene rings is 2. The van der Waals surface area contributed by atoms with Crippen molar-refractivity contribution < 1.29 is 18.7 Å². The van der Waals surface area contributed by atoms with Gasteiger partial charge in [0.25, 0.3) is 0 Å². The van der Waals surface area contributed by atoms with Crippen LogP contribution in [0.15, 0.2) is 36.4 Å². The maximum atomic E-state index is 13.7. The van der Waals surface area contributed by atoms with Crippen molar-refractivity contribution in [3.63, 3.8) is 0 Å². The van der Waals surface area contributed by atoms with Gasteiger partial charge in [-0.05, 0) is 61.7 Å². The van der Waals surface area contributed by atoms with E-state index >= 15 is 0 Å². The van der Waals surface area contributed by atoms with Crippen LogP contribution in [0, 0.1) is 12.7 Å². The third kappa shape index (κ3) is 4.39. The Labute approximate surface area is 159 Å². The minimum absolute atomic E-state index is 0.144. The molecule has 1 N–H and O–H groups in total. The normalized spacial score (nSPS) is 17.0. The van der Waals surface area contributed by atoms with E-state index in [4.69, 9.17) is 9.47 Å². The molecule has 1 aliphatic heterocycles. The van der Waals surface area contributed by atoms with Gasteiger partial charge in [-0.2, -0.15) is 0 Å². The largest absolute Gasteiger partial charge is 0.493 e. The van der Waals surface area contributed by atoms with Gasteiger partial charge in [-0.25, -0.2) is 4.39 Å². The van der Waals surface area contributed by atoms with Crippen LogP contribution in [-0.2, 0) is 4.79 Å². The third-order valence-electron chi connectivity index (χ3n) is 4.96. The molecule has 1 unspecified atom stereocenters. The Morgan fingerprint density at radius 3 is 2.67 bits per heavy atom. The van der Waals surface area contributed by atoms with Crippen LogP contribution in [0.3, 0.4) is 0 Å². The maximum Gasteiger partial charge on any atom is 0.238 e. The molecule has 6 heteroatoms. The summed E-state index contributed by atoms with van der Waals surface area (Å²) in [6, 6.07) is 10.7. The summed E-state index contributed by atoms with van der Waals surface area (Å²) in [5.41, 5.74) is 2.13. The Hall–Kier alpha value is -2.60. The molecule has 0 spiro atoms. The molecule has 27 heavy (non-hydrogen) atoms. The Bertz CT molecular complexity index is 825. The second-order valence-electron chi connectivity index (χ2n) is 6.76. The number of anilines is 1. The number of halogens is 1. The van der Waals surface area contributed by atoms with Crippen molar-refractivity contribution in [1.82, 2.24) is 4.90 Å². The van der Waals surface area contributed by atoms with Crippen molar-refractivity contribution in [2.45, 2.75) is 25.8 Å². The number of hydrogen-bond donors (Lipinski definition) is 1. The Morgan fingerprint density at radius 2 is 1.96 bits per heavy atom. The highest BCUT2D eigenvalue weighted by atomic mass is 19.1. The maximum absolute atomic E-state index is 13.7. The van der Waals surface area contributed by atoms with Crippen LogP contribution < -0.4 is 14.8 Å². The summed E-state index contributed by atoms with van der Waals surface area (Å²) in [4.78, 5) is 14.6. The van der Waals surface area contributed by atoms with Gasteiger partial charge in [0.15, 0.2) is 11.5 Å². The number of carbonyl (C=O) groups is 1. The Balaban J connectivity index is 1.69. The number of ether oxygens (including phenoxy) is 2. The van der Waals surface area contributed by atoms with Crippen molar-refractivity contribution >= 4 is 11.6 Å². The van der Waals surface area contributed by atoms with Gasteiger partial charge in [0, 0.05) is 11.7 Å². The number of hydrogen-bond acceptors (Lipinski definition) is 4. The zero-order valence-electron chi connectivity index (χ0n) is 15.9. The van der Waals surface area contributed by atoms with E-state index in [0.29, 0.717) is 22.7 Å². The van der Waals surface area contributed by atoms with Gasteiger partial charge in [-0.3, -0.25) is 9.69 Å². The van der Waals surface area contributed by atoms with Crippen LogP contribution in [0.2, 0.25) is 0 Å². The molecule has 144 valence electrons. The minimum atomic E-state index is -0.322. The molecule has 2 aromatic rings. The zero-order valence-corrected chi connectivity index (χ0v) is 15.9. The van der Waals surface area contributed by atoms with E-state index in [1.165, 1.54) is 6.07 Å². The predicted molar refractivity (Wildman–Crippen MR) is 103 cm³/mol. The van der Waals surface area contributed by atoms with E-state index in [0.717, 1.165) is 24.9 Å². The average Bonchev–Trinajstić information content (AvgIpc) is 3.12. The van der Waals surface area contributed by atoms with Gasteiger partial charge in [0.1, 0.15) is 5.82 Å². The smallest absolute Gasteiger partial charge is 0.238 e. The first kappa shape index (κ1) is 19.2. The molecule has 1 saturated heterocycles. The SMILES string of the molecule is COc1ccc(C2CCCN2CC(=O)Nc2ccc(C)c(F)c2)cc1OC. The first-order valence-electron chi connectivity index (χ1n) is 9.04. The number of carbonyl (C=O) groups excluding carboxylic acids is 1. The van der Waals surface area contributed by atoms with Gasteiger partial charge < -0.3 is 14.8 Å². The molecule has 1 atom stereocenters. The topological polar surface area (TPSA) is 50.8 Å². The highest BCUT2D eigenvalue weighted by Gasteiger charge is 2.28. The number of nitrogens with one attached hydrogen (secondary N) is 1. The fraction of sp³-hybridized carbons (Fsp3) is 0.381. The van der Waals surface area contributed by atoms with Crippen molar-refractivity contribution in [3.05, 3.63) is 53.3 Å². The second kappa shape index (κ2) is 8.39. The minimum Gasteiger partial charge on any atom is -0.493 e. The van der Waals surface area contributed by atoms with Crippen molar-refractivity contribution in [3.8, 4) is 11.5 Å². The molecule has 3 rings (SSSR count). The van der Waals surface area contributed by atoms with E-state index in [9.17, 15) is 9.18 Å². The first-order valence-corrected chi connectivity index (χ1v) is 9.04. The van der Waals surface area contributed by atoms with Crippen LogP contribution in [0.1, 0.15) is 30.0 Å². The lowest BCUT2D eigenvalue weighted by molar-refractivity contribution is -0.117. The molecule has 0 aliphatic carbocycles. The predicted octanol–water partition coefficient (Wildman–Crippen LogP) is 3.93. The third-order valence-corrected chi connectivity index (χ3v) is 4.96. The highest BCUT2D eigenvalue weighted by Crippen LogP contribution is 2.36. The standard InChI is InChI=1S/C21H25FN2O3/c1-14-6-8-16(12-17(14)22)23-21(25)13-24-10-4-5-18(24)15-7-9-19(26-2)20(11-15)27-3/h6-9,11-12,18H,4-5,10,13H2,1-3H3,(H,23,25). The number of likely N-dealkylation sites (tertiary alicyclic amines) is 1. The van der Waals surface area contributed by atoms with Gasteiger partial charge in [-0.15, -0.1) is 0 Å². The number of aryl methyl sites for hydroxylation is 1. The molecule has 1 heterocycles. The molecular formula is C21H25FN2O3. The fourth-order valence-electron chi connectivity index (χ4n) is 3.51. The molecule has 0 aromatic heterocycles. The van der Waals surface area contributed by atoms with Gasteiger partial charge in [0.2, 0.25) is 5.91 Å². The summed E-state index contributed by atoms with van der Waals surface area (Å²) in [6.45, 7) is 2.79. The summed E-state index contributed by atoms with van der Waals surface area (Å²) in [5, 5.41) is 2.78. The van der Waals surface area contributed by atoms with Crippen molar-refractivity contribution in [2.75, 3.05) is 32.6 Å². The molecule has 2 aromatic carbocycles. The molecule has 0 bridgehead atoms. The summed E-state index contributed by atoms with van der Waals surface area (Å²) in [7, 11) is 3.22. The van der Waals surface area contributed by atoms with Gasteiger partial charge in [-0.1, -0.05) is 12.1 Å². The monoisotopic (exact) mass is 372 g/mol. The quantitative estimate of drug-likeness (QED) is 0.835. The number of amides is 1. The summed E-state index contributed by atoms with van der Waals surface area (Å²) < 4.78 is 24.4. The van der Waals surface area contributed by atoms with E-state index < -0.39 is 0 Å². The number of rotatable bonds is 6. The highest BCUT2D eigenvalue weighted by molar-refractivity contribution is 5.92. The van der Waals surface area contributed by atoms with Crippen molar-refractivity contribution in [2.24, 2.45) is 0 Å². The van der Waals surface area contributed by atoms with Crippen molar-refractivity contribution in [1.29, 1.82) is 0 Å². The van der Waals surface area contributed by atoms with Gasteiger partial charge >= 0.3 is 0 Å². The Kier molecular flexibility index (Phi) is 5.96. The van der Waals surface area contributed by atoms with Crippen LogP contribution in [0.25, 0.3) is 0 Å². The van der Waals surface area contributed by atoms with E-state index in [1.807, 2.05) is 18.2 Å². The van der Waals surface area contributed by atoms with Crippen LogP contribution in [0.5, 0.6) is 11.5 Å². The van der Waals surface area contributed by atoms with Crippen LogP contribution in [0.4, 0.5) is 10.1 Å². The molecule has 0 radical (unpaired) electrons. The zero-order chi connectivity index (χ0) is 19.4. The molecule has 1 aliphatic rings. The van der Waals surface area contributed by atoms with E-state index in [-0.39, 0.29) is 24.3 Å². The number of nitrogens with zero attached hydrogens (tertiary/aromatic N) is 1. The van der Waals surface area contributed by atoms with E-state index in [2.05, 4.69) is 10.2 Å². The summed E-state index contributed by atoms with van der Waals surface area (Å²) >= 11 is 0. The second-order valence-corrected chi connectivity index (χ2v) is 6.76. The van der Waals surface area contributed by atoms with E-state index in [1.54, 1.807) is 33.3 Å². The fourth-order valence-corrected chi connectivity index (χ4v) is 3.51. The lowest BCUT2D eigenvalue weighted by atomic mass is 10.0. The first-order chi connectivity index (χ1) is 13.0. The molecule has 1 amide bonds. The van der Waals surface area contributed by atoms with Crippen LogP contribution >= 0.6 is 0 Å². The molecule has 0 saturated carbocycles. The summed E-state index contributed by atoms with van der Waals surface area (Å²) in [6.07, 6.45) is 1.99. The average molecular weight is 372 g/mol. The lowest BCUT2D eigenvalue weighted by Gasteiger charge is -2.25.